The van der Waals surface area contributed by atoms with Crippen molar-refractivity contribution in [2.45, 2.75) is 85.0 Å². The van der Waals surface area contributed by atoms with Crippen LogP contribution < -0.4 is 0 Å². The number of nitrogens with zero attached hydrogens (tertiary/aromatic N) is 7. The molecular formula is C45H54ClF6N9O4S2. The highest BCUT2D eigenvalue weighted by molar-refractivity contribution is 8.13. The highest BCUT2D eigenvalue weighted by atomic mass is 35.7. The van der Waals surface area contributed by atoms with Crippen molar-refractivity contribution in [1.29, 1.82) is 0 Å². The molecule has 1 aliphatic carbocycles. The van der Waals surface area contributed by atoms with Crippen LogP contribution in [0, 0.1) is 35.5 Å². The van der Waals surface area contributed by atoms with Crippen molar-refractivity contribution in [2.24, 2.45) is 35.5 Å². The molecule has 6 aromatic heterocycles. The summed E-state index contributed by atoms with van der Waals surface area (Å²) in [6.45, 7) is 6.60. The normalized spacial score (nSPS) is 19.8. The molecule has 8 rings (SSSR count). The number of alkyl halides is 6. The Morgan fingerprint density at radius 3 is 1.63 bits per heavy atom. The summed E-state index contributed by atoms with van der Waals surface area (Å²) in [5, 5.41) is 0. The Morgan fingerprint density at radius 1 is 0.672 bits per heavy atom. The molecule has 0 aromatic carbocycles. The largest absolute Gasteiger partial charge is 0.393 e. The first kappa shape index (κ1) is 51.7. The lowest BCUT2D eigenvalue weighted by atomic mass is 9.78. The lowest BCUT2D eigenvalue weighted by Gasteiger charge is -2.38. The van der Waals surface area contributed by atoms with Gasteiger partial charge in [-0.3, -0.25) is 9.97 Å². The monoisotopic (exact) mass is 997 g/mol. The third-order valence-corrected chi connectivity index (χ3v) is 15.1. The van der Waals surface area contributed by atoms with Crippen molar-refractivity contribution in [2.75, 3.05) is 24.6 Å². The number of piperidine rings is 1. The topological polar surface area (TPSA) is 180 Å². The molecule has 0 amide bonds. The van der Waals surface area contributed by atoms with Crippen LogP contribution in [0.1, 0.15) is 71.2 Å². The van der Waals surface area contributed by atoms with Gasteiger partial charge in [-0.25, -0.2) is 41.1 Å². The van der Waals surface area contributed by atoms with Crippen molar-refractivity contribution >= 4 is 52.1 Å². The molecule has 2 fully saturated rings. The molecule has 0 bridgehead atoms. The molecule has 1 saturated heterocycles. The Morgan fingerprint density at radius 2 is 1.16 bits per heavy atom. The summed E-state index contributed by atoms with van der Waals surface area (Å²) < 4.78 is 127. The SMILES string of the molecule is CC(C)CS(=O)(=O)Cl.CC(C)CS(=O)(=O)N1C[C@@H](Cc2ncccc2-c2cnc3[nH]ccc3n2)C[C@H](C(F)(F)F)C1.FC(F)(F)[C@@H]1CCC[C@@H](Cc2ncccc2-c2cnc3[nH]ccc3n2)C1. The molecule has 1 saturated carbocycles. The number of nitrogens with one attached hydrogen (secondary N) is 2. The molecule has 7 heterocycles. The molecule has 22 heteroatoms. The van der Waals surface area contributed by atoms with Crippen molar-refractivity contribution < 1.29 is 43.2 Å². The van der Waals surface area contributed by atoms with Gasteiger partial charge in [0.25, 0.3) is 0 Å². The van der Waals surface area contributed by atoms with Crippen LogP contribution in [0.3, 0.4) is 0 Å². The van der Waals surface area contributed by atoms with Crippen LogP contribution in [0.25, 0.3) is 44.8 Å². The predicted molar refractivity (Wildman–Crippen MR) is 245 cm³/mol. The van der Waals surface area contributed by atoms with Crippen LogP contribution >= 0.6 is 10.7 Å². The molecule has 4 atom stereocenters. The first-order chi connectivity index (χ1) is 31.4. The summed E-state index contributed by atoms with van der Waals surface area (Å²) in [6.07, 6.45) is 3.93. The van der Waals surface area contributed by atoms with Crippen molar-refractivity contribution in [3.05, 3.63) is 85.0 Å². The van der Waals surface area contributed by atoms with E-state index in [-0.39, 0.29) is 61.5 Å². The number of sulfonamides is 1. The molecule has 2 N–H and O–H groups in total. The van der Waals surface area contributed by atoms with Gasteiger partial charge < -0.3 is 9.97 Å². The molecule has 67 heavy (non-hydrogen) atoms. The van der Waals surface area contributed by atoms with E-state index < -0.39 is 55.7 Å². The number of H-pyrrole nitrogens is 2. The summed E-state index contributed by atoms with van der Waals surface area (Å²) in [5.41, 5.74) is 6.93. The molecule has 2 aliphatic rings. The summed E-state index contributed by atoms with van der Waals surface area (Å²) in [5.74, 6) is -3.59. The maximum absolute atomic E-state index is 13.7. The Bertz CT molecular complexity index is 2800. The second kappa shape index (κ2) is 21.7. The lowest BCUT2D eigenvalue weighted by molar-refractivity contribution is -0.187. The molecular weight excluding hydrogens is 944 g/mol. The number of fused-ring (bicyclic) bond motifs is 2. The Labute approximate surface area is 390 Å². The molecule has 1 aliphatic heterocycles. The van der Waals surface area contributed by atoms with Crippen LogP contribution in [0.4, 0.5) is 26.3 Å². The zero-order valence-corrected chi connectivity index (χ0v) is 39.8. The Kier molecular flexibility index (Phi) is 16.7. The van der Waals surface area contributed by atoms with Gasteiger partial charge in [-0.2, -0.15) is 26.3 Å². The third kappa shape index (κ3) is 14.6. The van der Waals surface area contributed by atoms with Gasteiger partial charge in [-0.15, -0.1) is 0 Å². The number of aromatic nitrogens is 8. The summed E-state index contributed by atoms with van der Waals surface area (Å²) in [7, 11) is -2.14. The molecule has 0 radical (unpaired) electrons. The number of rotatable bonds is 11. The standard InChI is InChI=1S/C22H26F3N5O2S.C19H19F3N4.C4H9ClO2S/c1-14(2)13-33(31,32)30-11-15(8-16(12-30)22(23,24)25)9-19-17(4-3-6-26-19)20-10-28-21-18(29-20)5-7-27-21;20-19(21,22)13-4-1-3-12(9-13)10-16-14(5-2-7-23-16)17-11-25-18-15(26-17)6-8-24-18;1-4(2)3-8(5,6)7/h3-7,10,14-16H,8-9,11-13H2,1-2H3,(H,27,28);2,5-8,11-13H,1,3-4,9-10H2,(H,24,25);4H,3H2,1-2H3/t15-,16+;12-,13-;/m11./s1. The van der Waals surface area contributed by atoms with Crippen LogP contribution in [0.2, 0.25) is 0 Å². The van der Waals surface area contributed by atoms with Gasteiger partial charge in [-0.05, 0) is 92.2 Å². The maximum atomic E-state index is 13.7. The van der Waals surface area contributed by atoms with E-state index in [9.17, 15) is 43.2 Å². The third-order valence-electron chi connectivity index (χ3n) is 11.5. The van der Waals surface area contributed by atoms with Crippen molar-refractivity contribution in [3.63, 3.8) is 0 Å². The number of halogens is 7. The summed E-state index contributed by atoms with van der Waals surface area (Å²) in [6, 6.07) is 10.9. The van der Waals surface area contributed by atoms with Gasteiger partial charge in [0.15, 0.2) is 11.3 Å². The minimum atomic E-state index is -4.47. The first-order valence-electron chi connectivity index (χ1n) is 22.0. The molecule has 13 nitrogen and oxygen atoms in total. The first-order valence-corrected chi connectivity index (χ1v) is 26.1. The van der Waals surface area contributed by atoms with Crippen LogP contribution in [-0.4, -0.2) is 98.0 Å². The van der Waals surface area contributed by atoms with Gasteiger partial charge in [0, 0.05) is 59.7 Å². The van der Waals surface area contributed by atoms with Gasteiger partial charge in [0.05, 0.1) is 58.5 Å². The lowest BCUT2D eigenvalue weighted by Crippen LogP contribution is -2.49. The Hall–Kier alpha value is -4.73. The molecule has 364 valence electrons. The predicted octanol–water partition coefficient (Wildman–Crippen LogP) is 10.2. The highest BCUT2D eigenvalue weighted by Gasteiger charge is 2.47. The second-order valence-corrected chi connectivity index (χ2v) is 22.9. The average Bonchev–Trinajstić information content (AvgIpc) is 3.92. The number of hydrogen-bond acceptors (Lipinski definition) is 10. The minimum Gasteiger partial charge on any atom is -0.345 e. The van der Waals surface area contributed by atoms with Gasteiger partial charge in [-0.1, -0.05) is 40.5 Å². The quantitative estimate of drug-likeness (QED) is 0.0937. The fourth-order valence-corrected chi connectivity index (χ4v) is 12.1. The zero-order chi connectivity index (χ0) is 48.7. The summed E-state index contributed by atoms with van der Waals surface area (Å²) in [4.78, 5) is 32.7. The second-order valence-electron chi connectivity index (χ2n) is 18.0. The maximum Gasteiger partial charge on any atom is 0.393 e. The average molecular weight is 999 g/mol. The number of pyridine rings is 2. The van der Waals surface area contributed by atoms with E-state index in [1.165, 1.54) is 0 Å². The molecule has 6 aromatic rings. The van der Waals surface area contributed by atoms with Crippen molar-refractivity contribution in [3.8, 4) is 22.5 Å². The van der Waals surface area contributed by atoms with Crippen LogP contribution in [0.5, 0.6) is 0 Å². The minimum absolute atomic E-state index is 0.00651. The van der Waals surface area contributed by atoms with E-state index in [1.54, 1.807) is 77.0 Å². The van der Waals surface area contributed by atoms with Crippen LogP contribution in [0.15, 0.2) is 73.6 Å². The van der Waals surface area contributed by atoms with Gasteiger partial charge >= 0.3 is 12.4 Å². The zero-order valence-electron chi connectivity index (χ0n) is 37.4. The van der Waals surface area contributed by atoms with Gasteiger partial charge in [0.2, 0.25) is 19.1 Å². The van der Waals surface area contributed by atoms with E-state index >= 15 is 0 Å². The number of hydrogen-bond donors (Lipinski definition) is 2. The summed E-state index contributed by atoms with van der Waals surface area (Å²) >= 11 is 0. The van der Waals surface area contributed by atoms with E-state index in [0.29, 0.717) is 52.3 Å². The van der Waals surface area contributed by atoms with Crippen molar-refractivity contribution in [1.82, 2.24) is 44.2 Å². The smallest absolute Gasteiger partial charge is 0.345 e. The van der Waals surface area contributed by atoms with E-state index in [1.807, 2.05) is 24.3 Å². The molecule has 0 spiro atoms. The van der Waals surface area contributed by atoms with Crippen LogP contribution in [-0.2, 0) is 31.9 Å². The number of aromatic amines is 2. The highest BCUT2D eigenvalue weighted by Crippen LogP contribution is 2.42. The fraction of sp³-hybridized carbons (Fsp3) is 0.511. The van der Waals surface area contributed by atoms with Gasteiger partial charge in [0.1, 0.15) is 11.0 Å². The van der Waals surface area contributed by atoms with E-state index in [0.717, 1.165) is 27.5 Å². The van der Waals surface area contributed by atoms with E-state index in [2.05, 4.69) is 39.9 Å². The Balaban J connectivity index is 0.000000194. The van der Waals surface area contributed by atoms with E-state index in [4.69, 9.17) is 10.7 Å². The molecule has 0 unspecified atom stereocenters. The fourth-order valence-electron chi connectivity index (χ4n) is 8.61.